The monoisotopic (exact) mass is 295 g/mol. The quantitative estimate of drug-likeness (QED) is 0.858. The Labute approximate surface area is 120 Å². The van der Waals surface area contributed by atoms with Crippen LogP contribution in [0.3, 0.4) is 0 Å². The smallest absolute Gasteiger partial charge is 0.235 e. The van der Waals surface area contributed by atoms with Crippen LogP contribution in [0, 0.1) is 12.8 Å². The first kappa shape index (κ1) is 13.9. The Bertz CT molecular complexity index is 591. The summed E-state index contributed by atoms with van der Waals surface area (Å²) in [5, 5.41) is 0. The highest BCUT2D eigenvalue weighted by Crippen LogP contribution is 2.31. The standard InChI is InChI=1S/C15H21NO3S/c1-12-4-5-14-3-2-7-16(15(14)9-12)20(17,18)11-13-6-8-19-10-13/h4-5,9,13H,2-3,6-8,10-11H2,1H3/t13-/m1/s1. The van der Waals surface area contributed by atoms with Crippen molar-refractivity contribution in [3.8, 4) is 0 Å². The number of hydrogen-bond acceptors (Lipinski definition) is 3. The van der Waals surface area contributed by atoms with Gasteiger partial charge < -0.3 is 4.74 Å². The molecule has 110 valence electrons. The zero-order valence-corrected chi connectivity index (χ0v) is 12.7. The SMILES string of the molecule is Cc1ccc2c(c1)N(S(=O)(=O)C[C@@H]1CCOC1)CCC2. The predicted molar refractivity (Wildman–Crippen MR) is 79.6 cm³/mol. The van der Waals surface area contributed by atoms with Crippen molar-refractivity contribution in [3.63, 3.8) is 0 Å². The molecule has 0 aliphatic carbocycles. The number of aryl methyl sites for hydroxylation is 2. The van der Waals surface area contributed by atoms with Crippen LogP contribution in [0.25, 0.3) is 0 Å². The van der Waals surface area contributed by atoms with E-state index in [9.17, 15) is 8.42 Å². The molecule has 4 nitrogen and oxygen atoms in total. The maximum Gasteiger partial charge on any atom is 0.235 e. The molecule has 1 saturated heterocycles. The number of sulfonamides is 1. The zero-order valence-electron chi connectivity index (χ0n) is 11.8. The van der Waals surface area contributed by atoms with Gasteiger partial charge in [0.25, 0.3) is 0 Å². The average molecular weight is 295 g/mol. The van der Waals surface area contributed by atoms with Crippen LogP contribution in [0.5, 0.6) is 0 Å². The minimum Gasteiger partial charge on any atom is -0.381 e. The molecule has 0 aromatic heterocycles. The van der Waals surface area contributed by atoms with Crippen LogP contribution >= 0.6 is 0 Å². The van der Waals surface area contributed by atoms with Gasteiger partial charge in [-0.15, -0.1) is 0 Å². The number of hydrogen-bond donors (Lipinski definition) is 0. The lowest BCUT2D eigenvalue weighted by Crippen LogP contribution is -2.39. The van der Waals surface area contributed by atoms with E-state index in [0.29, 0.717) is 19.8 Å². The molecule has 2 heterocycles. The minimum atomic E-state index is -3.24. The van der Waals surface area contributed by atoms with E-state index in [1.165, 1.54) is 0 Å². The van der Waals surface area contributed by atoms with Gasteiger partial charge in [0.05, 0.1) is 18.0 Å². The maximum atomic E-state index is 12.7. The second-order valence-corrected chi connectivity index (χ2v) is 7.75. The Morgan fingerprint density at radius 2 is 2.25 bits per heavy atom. The minimum absolute atomic E-state index is 0.148. The van der Waals surface area contributed by atoms with Crippen LogP contribution in [-0.4, -0.2) is 33.9 Å². The fraction of sp³-hybridized carbons (Fsp3) is 0.600. The van der Waals surface area contributed by atoms with Crippen LogP contribution < -0.4 is 4.31 Å². The highest BCUT2D eigenvalue weighted by Gasteiger charge is 2.31. The van der Waals surface area contributed by atoms with Gasteiger partial charge in [0, 0.05) is 19.1 Å². The fourth-order valence-corrected chi connectivity index (χ4v) is 4.96. The molecule has 0 radical (unpaired) electrons. The Morgan fingerprint density at radius 1 is 1.40 bits per heavy atom. The highest BCUT2D eigenvalue weighted by atomic mass is 32.2. The predicted octanol–water partition coefficient (Wildman–Crippen LogP) is 2.11. The molecular weight excluding hydrogens is 274 g/mol. The highest BCUT2D eigenvalue weighted by molar-refractivity contribution is 7.92. The molecule has 5 heteroatoms. The van der Waals surface area contributed by atoms with Gasteiger partial charge in [0.1, 0.15) is 0 Å². The summed E-state index contributed by atoms with van der Waals surface area (Å²) in [4.78, 5) is 0. The average Bonchev–Trinajstić information content (AvgIpc) is 2.90. The van der Waals surface area contributed by atoms with E-state index in [0.717, 1.165) is 36.1 Å². The van der Waals surface area contributed by atoms with Crippen molar-refractivity contribution in [2.75, 3.05) is 29.8 Å². The molecule has 1 aromatic carbocycles. The van der Waals surface area contributed by atoms with Gasteiger partial charge in [-0.25, -0.2) is 8.42 Å². The molecule has 0 amide bonds. The molecule has 0 saturated carbocycles. The molecule has 0 N–H and O–H groups in total. The summed E-state index contributed by atoms with van der Waals surface area (Å²) >= 11 is 0. The Balaban J connectivity index is 1.88. The number of ether oxygens (including phenoxy) is 1. The normalized spacial score (nSPS) is 22.9. The molecule has 0 bridgehead atoms. The Morgan fingerprint density at radius 3 is 3.00 bits per heavy atom. The lowest BCUT2D eigenvalue weighted by Gasteiger charge is -2.31. The molecule has 2 aliphatic rings. The number of rotatable bonds is 3. The van der Waals surface area contributed by atoms with E-state index in [4.69, 9.17) is 4.74 Å². The van der Waals surface area contributed by atoms with Crippen LogP contribution in [-0.2, 0) is 21.2 Å². The fourth-order valence-electron chi connectivity index (χ4n) is 3.04. The second kappa shape index (κ2) is 5.37. The van der Waals surface area contributed by atoms with Gasteiger partial charge in [-0.05, 0) is 43.4 Å². The van der Waals surface area contributed by atoms with E-state index in [1.54, 1.807) is 4.31 Å². The molecule has 1 atom stereocenters. The third-order valence-corrected chi connectivity index (χ3v) is 6.07. The first-order chi connectivity index (χ1) is 9.56. The summed E-state index contributed by atoms with van der Waals surface area (Å²) < 4.78 is 32.3. The summed E-state index contributed by atoms with van der Waals surface area (Å²) in [6.45, 7) is 3.88. The Hall–Kier alpha value is -1.07. The molecule has 3 rings (SSSR count). The topological polar surface area (TPSA) is 46.6 Å². The summed E-state index contributed by atoms with van der Waals surface area (Å²) in [5.41, 5.74) is 3.14. The third-order valence-electron chi connectivity index (χ3n) is 4.12. The van der Waals surface area contributed by atoms with E-state index in [2.05, 4.69) is 12.1 Å². The van der Waals surface area contributed by atoms with Crippen molar-refractivity contribution in [2.24, 2.45) is 5.92 Å². The summed E-state index contributed by atoms with van der Waals surface area (Å²) in [6, 6.07) is 6.11. The van der Waals surface area contributed by atoms with Gasteiger partial charge in [0.15, 0.2) is 0 Å². The maximum absolute atomic E-state index is 12.7. The largest absolute Gasteiger partial charge is 0.381 e. The van der Waals surface area contributed by atoms with Crippen molar-refractivity contribution in [3.05, 3.63) is 29.3 Å². The summed E-state index contributed by atoms with van der Waals surface area (Å²) in [6.07, 6.45) is 2.72. The van der Waals surface area contributed by atoms with Crippen molar-refractivity contribution < 1.29 is 13.2 Å². The lowest BCUT2D eigenvalue weighted by atomic mass is 10.0. The number of benzene rings is 1. The lowest BCUT2D eigenvalue weighted by molar-refractivity contribution is 0.188. The molecule has 2 aliphatic heterocycles. The molecule has 20 heavy (non-hydrogen) atoms. The number of nitrogens with zero attached hydrogens (tertiary/aromatic N) is 1. The third kappa shape index (κ3) is 2.69. The van der Waals surface area contributed by atoms with E-state index in [1.807, 2.05) is 13.0 Å². The first-order valence-corrected chi connectivity index (χ1v) is 8.85. The van der Waals surface area contributed by atoms with Crippen molar-refractivity contribution in [1.29, 1.82) is 0 Å². The van der Waals surface area contributed by atoms with E-state index in [-0.39, 0.29) is 11.7 Å². The van der Waals surface area contributed by atoms with Gasteiger partial charge in [-0.1, -0.05) is 12.1 Å². The van der Waals surface area contributed by atoms with Crippen LogP contribution in [0.15, 0.2) is 18.2 Å². The molecule has 0 spiro atoms. The molecule has 1 aromatic rings. The first-order valence-electron chi connectivity index (χ1n) is 7.24. The van der Waals surface area contributed by atoms with Crippen molar-refractivity contribution in [1.82, 2.24) is 0 Å². The second-order valence-electron chi connectivity index (χ2n) is 5.82. The van der Waals surface area contributed by atoms with E-state index >= 15 is 0 Å². The van der Waals surface area contributed by atoms with Gasteiger partial charge in [-0.2, -0.15) is 0 Å². The summed E-state index contributed by atoms with van der Waals surface area (Å²) in [7, 11) is -3.24. The summed E-state index contributed by atoms with van der Waals surface area (Å²) in [5.74, 6) is 0.357. The van der Waals surface area contributed by atoms with E-state index < -0.39 is 10.0 Å². The van der Waals surface area contributed by atoms with Crippen molar-refractivity contribution in [2.45, 2.75) is 26.2 Å². The van der Waals surface area contributed by atoms with Crippen LogP contribution in [0.1, 0.15) is 24.0 Å². The van der Waals surface area contributed by atoms with Gasteiger partial charge in [0.2, 0.25) is 10.0 Å². The number of anilines is 1. The van der Waals surface area contributed by atoms with Gasteiger partial charge in [-0.3, -0.25) is 4.31 Å². The molecular formula is C15H21NO3S. The van der Waals surface area contributed by atoms with Crippen LogP contribution in [0.2, 0.25) is 0 Å². The van der Waals surface area contributed by atoms with Gasteiger partial charge >= 0.3 is 0 Å². The zero-order chi connectivity index (χ0) is 14.2. The molecule has 1 fully saturated rings. The van der Waals surface area contributed by atoms with Crippen molar-refractivity contribution >= 4 is 15.7 Å². The van der Waals surface area contributed by atoms with Crippen LogP contribution in [0.4, 0.5) is 5.69 Å². The Kier molecular flexibility index (Phi) is 3.73. The molecule has 0 unspecified atom stereocenters. The number of fused-ring (bicyclic) bond motifs is 1.